The topological polar surface area (TPSA) is 93.5 Å². The molecule has 1 aliphatic heterocycles. The van der Waals surface area contributed by atoms with Crippen molar-refractivity contribution in [2.45, 2.75) is 39.7 Å². The molecule has 0 aliphatic carbocycles. The lowest BCUT2D eigenvalue weighted by Gasteiger charge is -2.28. The molecule has 0 unspecified atom stereocenters. The smallest absolute Gasteiger partial charge is 0.326 e. The molecule has 0 aromatic carbocycles. The van der Waals surface area contributed by atoms with Crippen LogP contribution in [-0.2, 0) is 20.9 Å². The molecule has 2 aromatic heterocycles. The number of anilines is 2. The SMILES string of the molecule is CCOC(=O)Cn1cc(NC=O)ccc1=O.Cc1cncc(N2CCCCC2)c1. The minimum atomic E-state index is -0.493. The number of aryl methyl sites for hydroxylation is 1. The summed E-state index contributed by atoms with van der Waals surface area (Å²) in [5.74, 6) is -0.493. The molecule has 0 radical (unpaired) electrons. The van der Waals surface area contributed by atoms with Gasteiger partial charge in [0.15, 0.2) is 0 Å². The largest absolute Gasteiger partial charge is 0.465 e. The van der Waals surface area contributed by atoms with Gasteiger partial charge >= 0.3 is 5.97 Å². The minimum absolute atomic E-state index is 0.166. The van der Waals surface area contributed by atoms with E-state index >= 15 is 0 Å². The Labute approximate surface area is 170 Å². The number of nitrogens with one attached hydrogen (secondary N) is 1. The van der Waals surface area contributed by atoms with Crippen LogP contribution in [0.3, 0.4) is 0 Å². The summed E-state index contributed by atoms with van der Waals surface area (Å²) in [6.45, 7) is 6.28. The van der Waals surface area contributed by atoms with Crippen molar-refractivity contribution in [1.29, 1.82) is 0 Å². The van der Waals surface area contributed by atoms with E-state index in [1.165, 1.54) is 66.5 Å². The van der Waals surface area contributed by atoms with E-state index in [4.69, 9.17) is 4.74 Å². The van der Waals surface area contributed by atoms with Crippen LogP contribution >= 0.6 is 0 Å². The van der Waals surface area contributed by atoms with E-state index in [-0.39, 0.29) is 18.7 Å². The van der Waals surface area contributed by atoms with E-state index in [2.05, 4.69) is 28.2 Å². The average Bonchev–Trinajstić information content (AvgIpc) is 2.72. The van der Waals surface area contributed by atoms with E-state index in [0.717, 1.165) is 0 Å². The number of carbonyl (C=O) groups excluding carboxylic acids is 2. The van der Waals surface area contributed by atoms with Crippen LogP contribution in [0.4, 0.5) is 11.4 Å². The molecule has 1 N–H and O–H groups in total. The average molecular weight is 400 g/mol. The van der Waals surface area contributed by atoms with Crippen LogP contribution in [0.1, 0.15) is 31.7 Å². The third-order valence-electron chi connectivity index (χ3n) is 4.40. The third-order valence-corrected chi connectivity index (χ3v) is 4.40. The van der Waals surface area contributed by atoms with Gasteiger partial charge in [-0.3, -0.25) is 19.4 Å². The molecule has 156 valence electrons. The Balaban J connectivity index is 0.000000211. The fourth-order valence-electron chi connectivity index (χ4n) is 3.02. The molecule has 0 atom stereocenters. The molecule has 0 saturated carbocycles. The fraction of sp³-hybridized carbons (Fsp3) is 0.429. The highest BCUT2D eigenvalue weighted by Gasteiger charge is 2.10. The summed E-state index contributed by atoms with van der Waals surface area (Å²) in [4.78, 5) is 39.4. The summed E-state index contributed by atoms with van der Waals surface area (Å²) in [5, 5.41) is 2.39. The van der Waals surface area contributed by atoms with E-state index in [9.17, 15) is 14.4 Å². The predicted molar refractivity (Wildman–Crippen MR) is 112 cm³/mol. The Morgan fingerprint density at radius 1 is 1.24 bits per heavy atom. The lowest BCUT2D eigenvalue weighted by atomic mass is 10.1. The Morgan fingerprint density at radius 3 is 2.66 bits per heavy atom. The first kappa shape index (κ1) is 22.1. The first-order valence-corrected chi connectivity index (χ1v) is 9.76. The van der Waals surface area contributed by atoms with Gasteiger partial charge in [-0.2, -0.15) is 0 Å². The van der Waals surface area contributed by atoms with Crippen molar-refractivity contribution in [3.05, 3.63) is 52.7 Å². The fourth-order valence-corrected chi connectivity index (χ4v) is 3.02. The molecule has 1 aliphatic rings. The number of esters is 1. The van der Waals surface area contributed by atoms with Gasteiger partial charge < -0.3 is 19.5 Å². The normalized spacial score (nSPS) is 13.1. The van der Waals surface area contributed by atoms with Crippen molar-refractivity contribution in [3.8, 4) is 0 Å². The number of rotatable bonds is 6. The molecule has 29 heavy (non-hydrogen) atoms. The van der Waals surface area contributed by atoms with Gasteiger partial charge in [0.05, 0.1) is 24.2 Å². The van der Waals surface area contributed by atoms with Crippen molar-refractivity contribution < 1.29 is 14.3 Å². The second kappa shape index (κ2) is 11.6. The first-order valence-electron chi connectivity index (χ1n) is 9.76. The number of ether oxygens (including phenoxy) is 1. The molecule has 1 fully saturated rings. The van der Waals surface area contributed by atoms with E-state index in [1.807, 2.05) is 12.4 Å². The van der Waals surface area contributed by atoms with Gasteiger partial charge in [0.2, 0.25) is 6.41 Å². The van der Waals surface area contributed by atoms with Gasteiger partial charge in [-0.15, -0.1) is 0 Å². The van der Waals surface area contributed by atoms with E-state index in [1.54, 1.807) is 6.92 Å². The highest BCUT2D eigenvalue weighted by atomic mass is 16.5. The van der Waals surface area contributed by atoms with Gasteiger partial charge in [-0.05, 0) is 50.8 Å². The molecular formula is C21H28N4O4. The molecule has 1 saturated heterocycles. The number of piperidine rings is 1. The monoisotopic (exact) mass is 400 g/mol. The van der Waals surface area contributed by atoms with Crippen LogP contribution in [0.5, 0.6) is 0 Å². The predicted octanol–water partition coefficient (Wildman–Crippen LogP) is 2.36. The Morgan fingerprint density at radius 2 is 2.00 bits per heavy atom. The van der Waals surface area contributed by atoms with Crippen LogP contribution in [-0.4, -0.2) is 41.6 Å². The van der Waals surface area contributed by atoms with Crippen molar-refractivity contribution in [2.24, 2.45) is 0 Å². The second-order valence-corrected chi connectivity index (χ2v) is 6.72. The zero-order valence-corrected chi connectivity index (χ0v) is 17.0. The van der Waals surface area contributed by atoms with Crippen LogP contribution in [0.25, 0.3) is 0 Å². The molecule has 3 rings (SSSR count). The molecular weight excluding hydrogens is 372 g/mol. The lowest BCUT2D eigenvalue weighted by molar-refractivity contribution is -0.143. The molecule has 1 amide bonds. The van der Waals surface area contributed by atoms with Gasteiger partial charge in [0.1, 0.15) is 6.54 Å². The van der Waals surface area contributed by atoms with Gasteiger partial charge in [-0.25, -0.2) is 0 Å². The second-order valence-electron chi connectivity index (χ2n) is 6.72. The number of pyridine rings is 2. The summed E-state index contributed by atoms with van der Waals surface area (Å²) in [5.41, 5.74) is 2.66. The number of carbonyl (C=O) groups is 2. The highest BCUT2D eigenvalue weighted by molar-refractivity contribution is 5.71. The van der Waals surface area contributed by atoms with Crippen molar-refractivity contribution >= 4 is 23.8 Å². The van der Waals surface area contributed by atoms with Crippen LogP contribution in [0, 0.1) is 6.92 Å². The van der Waals surface area contributed by atoms with Crippen molar-refractivity contribution in [3.63, 3.8) is 0 Å². The first-order chi connectivity index (χ1) is 14.0. The Hall–Kier alpha value is -3.16. The van der Waals surface area contributed by atoms with Crippen molar-refractivity contribution in [2.75, 3.05) is 29.9 Å². The zero-order chi connectivity index (χ0) is 21.1. The maximum absolute atomic E-state index is 11.4. The van der Waals surface area contributed by atoms with Crippen LogP contribution in [0.2, 0.25) is 0 Å². The molecule has 0 spiro atoms. The van der Waals surface area contributed by atoms with Crippen molar-refractivity contribution in [1.82, 2.24) is 9.55 Å². The van der Waals surface area contributed by atoms with Gasteiger partial charge in [0.25, 0.3) is 5.56 Å². The maximum atomic E-state index is 11.4. The standard InChI is InChI=1S/C11H16N2.C10H12N2O4/c1-10-7-11(9-12-8-10)13-5-3-2-4-6-13;1-2-16-10(15)6-12-5-8(11-7-13)3-4-9(12)14/h7-9H,2-6H2,1H3;3-5,7H,2,6H2,1H3,(H,11,13). The molecule has 3 heterocycles. The molecule has 8 heteroatoms. The molecule has 0 bridgehead atoms. The van der Waals surface area contributed by atoms with E-state index in [0.29, 0.717) is 12.1 Å². The number of nitrogens with zero attached hydrogens (tertiary/aromatic N) is 3. The zero-order valence-electron chi connectivity index (χ0n) is 17.0. The third kappa shape index (κ3) is 7.40. The summed E-state index contributed by atoms with van der Waals surface area (Å²) < 4.78 is 5.88. The lowest BCUT2D eigenvalue weighted by Crippen LogP contribution is -2.29. The number of amides is 1. The van der Waals surface area contributed by atoms with Gasteiger partial charge in [-0.1, -0.05) is 0 Å². The minimum Gasteiger partial charge on any atom is -0.465 e. The van der Waals surface area contributed by atoms with Crippen LogP contribution < -0.4 is 15.8 Å². The summed E-state index contributed by atoms with van der Waals surface area (Å²) >= 11 is 0. The maximum Gasteiger partial charge on any atom is 0.326 e. The van der Waals surface area contributed by atoms with Crippen LogP contribution in [0.15, 0.2) is 41.6 Å². The van der Waals surface area contributed by atoms with E-state index < -0.39 is 5.97 Å². The van der Waals surface area contributed by atoms with Gasteiger partial charge in [0, 0.05) is 31.5 Å². The number of hydrogen-bond acceptors (Lipinski definition) is 6. The number of aromatic nitrogens is 2. The Kier molecular flexibility index (Phi) is 8.88. The molecule has 2 aromatic rings. The summed E-state index contributed by atoms with van der Waals surface area (Å²) in [6, 6.07) is 4.95. The number of hydrogen-bond donors (Lipinski definition) is 1. The summed E-state index contributed by atoms with van der Waals surface area (Å²) in [6.07, 6.45) is 9.80. The molecule has 8 nitrogen and oxygen atoms in total. The quantitative estimate of drug-likeness (QED) is 0.591. The summed E-state index contributed by atoms with van der Waals surface area (Å²) in [7, 11) is 0. The highest BCUT2D eigenvalue weighted by Crippen LogP contribution is 2.19. The Bertz CT molecular complexity index is 860.